The largest absolute Gasteiger partial charge is 0.495 e. The Kier molecular flexibility index (Phi) is 3.19. The second kappa shape index (κ2) is 4.64. The number of aryl methyl sites for hydroxylation is 1. The van der Waals surface area contributed by atoms with Gasteiger partial charge in [-0.25, -0.2) is 0 Å². The molecule has 0 aliphatic carbocycles. The van der Waals surface area contributed by atoms with Gasteiger partial charge in [-0.3, -0.25) is 14.2 Å². The lowest BCUT2D eigenvalue weighted by Crippen LogP contribution is -2.23. The first-order chi connectivity index (χ1) is 8.54. The Bertz CT molecular complexity index is 671. The van der Waals surface area contributed by atoms with E-state index in [9.17, 15) is 9.59 Å². The summed E-state index contributed by atoms with van der Waals surface area (Å²) in [5, 5.41) is 0.926. The number of hydrogen-bond acceptors (Lipinski definition) is 3. The number of carbonyl (C=O) groups is 1. The molecule has 4 heteroatoms. The zero-order valence-corrected chi connectivity index (χ0v) is 10.7. The van der Waals surface area contributed by atoms with Gasteiger partial charge in [-0.15, -0.1) is 0 Å². The maximum absolute atomic E-state index is 12.0. The predicted molar refractivity (Wildman–Crippen MR) is 70.2 cm³/mol. The number of carbonyl (C=O) groups excluding carboxylic acids is 1. The van der Waals surface area contributed by atoms with E-state index in [-0.39, 0.29) is 17.9 Å². The van der Waals surface area contributed by atoms with Gasteiger partial charge >= 0.3 is 0 Å². The third-order valence-electron chi connectivity index (χ3n) is 2.90. The second-order valence-electron chi connectivity index (χ2n) is 4.31. The number of Topliss-reactive ketones (excluding diaryl/α,β-unsaturated/α-hetero) is 1. The lowest BCUT2D eigenvalue weighted by atomic mass is 10.1. The molecule has 1 heterocycles. The summed E-state index contributed by atoms with van der Waals surface area (Å²) in [6.07, 6.45) is 0. The van der Waals surface area contributed by atoms with E-state index in [1.807, 2.05) is 19.1 Å². The molecule has 2 aromatic rings. The first-order valence-electron chi connectivity index (χ1n) is 5.71. The lowest BCUT2D eigenvalue weighted by Gasteiger charge is -2.13. The number of aromatic nitrogens is 1. The molecule has 0 N–H and O–H groups in total. The Morgan fingerprint density at radius 1 is 1.39 bits per heavy atom. The Morgan fingerprint density at radius 2 is 2.11 bits per heavy atom. The molecular weight excluding hydrogens is 230 g/mol. The molecule has 0 amide bonds. The average molecular weight is 245 g/mol. The van der Waals surface area contributed by atoms with Crippen molar-refractivity contribution in [3.05, 3.63) is 40.2 Å². The molecule has 1 aromatic heterocycles. The van der Waals surface area contributed by atoms with Gasteiger partial charge in [0.1, 0.15) is 11.5 Å². The van der Waals surface area contributed by atoms with Crippen molar-refractivity contribution in [2.24, 2.45) is 0 Å². The first kappa shape index (κ1) is 12.4. The molecule has 0 bridgehead atoms. The van der Waals surface area contributed by atoms with Crippen molar-refractivity contribution in [2.75, 3.05) is 7.11 Å². The number of nitrogens with zero attached hydrogens (tertiary/aromatic N) is 1. The number of hydrogen-bond donors (Lipinski definition) is 0. The van der Waals surface area contributed by atoms with Gasteiger partial charge in [-0.05, 0) is 25.5 Å². The quantitative estimate of drug-likeness (QED) is 0.829. The van der Waals surface area contributed by atoms with Gasteiger partial charge < -0.3 is 4.74 Å². The summed E-state index contributed by atoms with van der Waals surface area (Å²) in [5.74, 6) is 0.544. The van der Waals surface area contributed by atoms with Crippen molar-refractivity contribution in [3.8, 4) is 5.75 Å². The highest BCUT2D eigenvalue weighted by atomic mass is 16.5. The van der Waals surface area contributed by atoms with Crippen molar-refractivity contribution < 1.29 is 9.53 Å². The van der Waals surface area contributed by atoms with Crippen LogP contribution < -0.4 is 10.3 Å². The summed E-state index contributed by atoms with van der Waals surface area (Å²) >= 11 is 0. The van der Waals surface area contributed by atoms with Gasteiger partial charge in [0, 0.05) is 11.5 Å². The number of methoxy groups -OCH3 is 1. The topological polar surface area (TPSA) is 48.3 Å². The molecule has 1 aromatic carbocycles. The van der Waals surface area contributed by atoms with Crippen molar-refractivity contribution in [1.29, 1.82) is 0 Å². The van der Waals surface area contributed by atoms with Gasteiger partial charge in [0.15, 0.2) is 0 Å². The van der Waals surface area contributed by atoms with E-state index < -0.39 is 0 Å². The van der Waals surface area contributed by atoms with E-state index in [4.69, 9.17) is 4.74 Å². The third kappa shape index (κ3) is 2.01. The number of fused-ring (bicyclic) bond motifs is 1. The van der Waals surface area contributed by atoms with Crippen molar-refractivity contribution >= 4 is 16.7 Å². The van der Waals surface area contributed by atoms with Crippen molar-refractivity contribution in [1.82, 2.24) is 4.57 Å². The maximum atomic E-state index is 12.0. The Morgan fingerprint density at radius 3 is 2.72 bits per heavy atom. The molecule has 0 unspecified atom stereocenters. The monoisotopic (exact) mass is 245 g/mol. The molecule has 0 aliphatic rings. The zero-order valence-electron chi connectivity index (χ0n) is 10.7. The summed E-state index contributed by atoms with van der Waals surface area (Å²) in [6, 6.07) is 7.13. The van der Waals surface area contributed by atoms with E-state index >= 15 is 0 Å². The molecule has 4 nitrogen and oxygen atoms in total. The van der Waals surface area contributed by atoms with E-state index in [1.165, 1.54) is 11.5 Å². The molecule has 0 fully saturated rings. The number of ketones is 1. The van der Waals surface area contributed by atoms with Gasteiger partial charge in [0.05, 0.1) is 19.2 Å². The van der Waals surface area contributed by atoms with Crippen LogP contribution in [-0.4, -0.2) is 17.5 Å². The molecule has 94 valence electrons. The van der Waals surface area contributed by atoms with Crippen LogP contribution in [0.2, 0.25) is 0 Å². The SMILES string of the molecule is COc1cccc2c(C)cc(=O)n(CC(C)=O)c12. The number of para-hydroxylation sites is 1. The molecule has 0 atom stereocenters. The average Bonchev–Trinajstić information content (AvgIpc) is 2.33. The Labute approximate surface area is 105 Å². The van der Waals surface area contributed by atoms with E-state index in [2.05, 4.69) is 0 Å². The number of benzene rings is 1. The van der Waals surface area contributed by atoms with Gasteiger partial charge in [-0.2, -0.15) is 0 Å². The molecule has 0 radical (unpaired) electrons. The number of rotatable bonds is 3. The summed E-state index contributed by atoms with van der Waals surface area (Å²) in [6.45, 7) is 3.41. The lowest BCUT2D eigenvalue weighted by molar-refractivity contribution is -0.117. The van der Waals surface area contributed by atoms with Crippen LogP contribution in [0.3, 0.4) is 0 Å². The highest BCUT2D eigenvalue weighted by Gasteiger charge is 2.11. The van der Waals surface area contributed by atoms with Gasteiger partial charge in [0.2, 0.25) is 0 Å². The predicted octanol–water partition coefficient (Wildman–Crippen LogP) is 1.91. The summed E-state index contributed by atoms with van der Waals surface area (Å²) in [7, 11) is 1.56. The van der Waals surface area contributed by atoms with Gasteiger partial charge in [-0.1, -0.05) is 12.1 Å². The van der Waals surface area contributed by atoms with Crippen LogP contribution in [-0.2, 0) is 11.3 Å². The maximum Gasteiger partial charge on any atom is 0.251 e. The van der Waals surface area contributed by atoms with Gasteiger partial charge in [0.25, 0.3) is 5.56 Å². The fraction of sp³-hybridized carbons (Fsp3) is 0.286. The fourth-order valence-electron chi connectivity index (χ4n) is 2.11. The van der Waals surface area contributed by atoms with E-state index in [0.29, 0.717) is 11.3 Å². The van der Waals surface area contributed by atoms with Crippen molar-refractivity contribution in [2.45, 2.75) is 20.4 Å². The van der Waals surface area contributed by atoms with Crippen LogP contribution in [0.4, 0.5) is 0 Å². The van der Waals surface area contributed by atoms with E-state index in [0.717, 1.165) is 10.9 Å². The summed E-state index contributed by atoms with van der Waals surface area (Å²) < 4.78 is 6.75. The fourth-order valence-corrected chi connectivity index (χ4v) is 2.11. The molecule has 18 heavy (non-hydrogen) atoms. The van der Waals surface area contributed by atoms with Crippen LogP contribution in [0.5, 0.6) is 5.75 Å². The minimum absolute atomic E-state index is 0.0619. The second-order valence-corrected chi connectivity index (χ2v) is 4.31. The molecule has 0 spiro atoms. The standard InChI is InChI=1S/C14H15NO3/c1-9-7-13(17)15(8-10(2)16)14-11(9)5-4-6-12(14)18-3/h4-7H,8H2,1-3H3. The molecule has 2 rings (SSSR count). The third-order valence-corrected chi connectivity index (χ3v) is 2.90. The molecule has 0 saturated heterocycles. The number of pyridine rings is 1. The Hall–Kier alpha value is -2.10. The summed E-state index contributed by atoms with van der Waals surface area (Å²) in [4.78, 5) is 23.3. The molecule has 0 saturated carbocycles. The number of ether oxygens (including phenoxy) is 1. The highest BCUT2D eigenvalue weighted by Crippen LogP contribution is 2.26. The Balaban J connectivity index is 2.90. The van der Waals surface area contributed by atoms with Crippen molar-refractivity contribution in [3.63, 3.8) is 0 Å². The van der Waals surface area contributed by atoms with Crippen LogP contribution in [0.25, 0.3) is 10.9 Å². The van der Waals surface area contributed by atoms with Crippen LogP contribution in [0.15, 0.2) is 29.1 Å². The first-order valence-corrected chi connectivity index (χ1v) is 5.71. The van der Waals surface area contributed by atoms with E-state index in [1.54, 1.807) is 19.2 Å². The molecular formula is C14H15NO3. The smallest absolute Gasteiger partial charge is 0.251 e. The minimum Gasteiger partial charge on any atom is -0.495 e. The zero-order chi connectivity index (χ0) is 13.3. The van der Waals surface area contributed by atoms with Crippen LogP contribution >= 0.6 is 0 Å². The molecule has 0 aliphatic heterocycles. The summed E-state index contributed by atoms with van der Waals surface area (Å²) in [5.41, 5.74) is 1.38. The van der Waals surface area contributed by atoms with Crippen LogP contribution in [0, 0.1) is 6.92 Å². The normalized spacial score (nSPS) is 10.6. The highest BCUT2D eigenvalue weighted by molar-refractivity contribution is 5.89. The minimum atomic E-state index is -0.181. The van der Waals surface area contributed by atoms with Crippen LogP contribution in [0.1, 0.15) is 12.5 Å².